The Morgan fingerprint density at radius 1 is 1.33 bits per heavy atom. The zero-order valence-corrected chi connectivity index (χ0v) is 10.5. The Morgan fingerprint density at radius 2 is 2.11 bits per heavy atom. The van der Waals surface area contributed by atoms with Crippen LogP contribution in [0.5, 0.6) is 11.6 Å². The van der Waals surface area contributed by atoms with E-state index in [1.165, 1.54) is 30.3 Å². The Kier molecular flexibility index (Phi) is 3.57. The summed E-state index contributed by atoms with van der Waals surface area (Å²) in [5.41, 5.74) is -0.162. The SMILES string of the molecule is O=C(O)c1cccc(Oc2ccc(Br)cc2F)n1. The van der Waals surface area contributed by atoms with Crippen molar-refractivity contribution < 1.29 is 19.0 Å². The highest BCUT2D eigenvalue weighted by Gasteiger charge is 2.09. The van der Waals surface area contributed by atoms with Gasteiger partial charge in [0.2, 0.25) is 5.88 Å². The molecule has 1 heterocycles. The molecule has 4 nitrogen and oxygen atoms in total. The van der Waals surface area contributed by atoms with Crippen molar-refractivity contribution in [2.75, 3.05) is 0 Å². The van der Waals surface area contributed by atoms with Crippen molar-refractivity contribution >= 4 is 21.9 Å². The van der Waals surface area contributed by atoms with Gasteiger partial charge in [-0.25, -0.2) is 14.2 Å². The van der Waals surface area contributed by atoms with Crippen LogP contribution in [0.25, 0.3) is 0 Å². The minimum absolute atomic E-state index is 0.0201. The van der Waals surface area contributed by atoms with E-state index in [1.807, 2.05) is 0 Å². The Hall–Kier alpha value is -1.95. The van der Waals surface area contributed by atoms with Gasteiger partial charge < -0.3 is 9.84 Å². The molecule has 0 bridgehead atoms. The molecule has 18 heavy (non-hydrogen) atoms. The second-order valence-electron chi connectivity index (χ2n) is 3.34. The van der Waals surface area contributed by atoms with Crippen LogP contribution in [-0.2, 0) is 0 Å². The molecule has 0 spiro atoms. The van der Waals surface area contributed by atoms with Gasteiger partial charge in [-0.05, 0) is 24.3 Å². The smallest absolute Gasteiger partial charge is 0.354 e. The van der Waals surface area contributed by atoms with Gasteiger partial charge in [-0.3, -0.25) is 0 Å². The van der Waals surface area contributed by atoms with Gasteiger partial charge in [0.05, 0.1) is 0 Å². The summed E-state index contributed by atoms with van der Waals surface area (Å²) in [6.45, 7) is 0. The van der Waals surface area contributed by atoms with E-state index in [0.717, 1.165) is 0 Å². The van der Waals surface area contributed by atoms with Crippen molar-refractivity contribution in [2.45, 2.75) is 0 Å². The van der Waals surface area contributed by atoms with E-state index < -0.39 is 11.8 Å². The highest BCUT2D eigenvalue weighted by atomic mass is 79.9. The molecule has 2 aromatic rings. The molecule has 0 saturated heterocycles. The summed E-state index contributed by atoms with van der Waals surface area (Å²) in [6.07, 6.45) is 0. The lowest BCUT2D eigenvalue weighted by Crippen LogP contribution is -2.01. The van der Waals surface area contributed by atoms with Crippen LogP contribution in [0.15, 0.2) is 40.9 Å². The largest absolute Gasteiger partial charge is 0.477 e. The molecule has 1 aromatic carbocycles. The molecule has 1 aromatic heterocycles. The van der Waals surface area contributed by atoms with Gasteiger partial charge in [-0.15, -0.1) is 0 Å². The molecule has 0 atom stereocenters. The quantitative estimate of drug-likeness (QED) is 0.943. The number of aromatic nitrogens is 1. The number of carboxylic acid groups (broad SMARTS) is 1. The number of hydrogen-bond donors (Lipinski definition) is 1. The zero-order chi connectivity index (χ0) is 13.1. The van der Waals surface area contributed by atoms with Crippen LogP contribution < -0.4 is 4.74 Å². The van der Waals surface area contributed by atoms with Gasteiger partial charge >= 0.3 is 5.97 Å². The average molecular weight is 312 g/mol. The van der Waals surface area contributed by atoms with Crippen LogP contribution in [-0.4, -0.2) is 16.1 Å². The van der Waals surface area contributed by atoms with Gasteiger partial charge in [0, 0.05) is 10.5 Å². The van der Waals surface area contributed by atoms with E-state index in [0.29, 0.717) is 4.47 Å². The van der Waals surface area contributed by atoms with Gasteiger partial charge in [0.1, 0.15) is 0 Å². The van der Waals surface area contributed by atoms with Crippen LogP contribution in [0, 0.1) is 5.82 Å². The normalized spacial score (nSPS) is 10.1. The maximum atomic E-state index is 13.5. The molecule has 0 fully saturated rings. The number of ether oxygens (including phenoxy) is 1. The molecule has 6 heteroatoms. The maximum Gasteiger partial charge on any atom is 0.354 e. The number of halogens is 2. The third-order valence-corrected chi connectivity index (χ3v) is 2.54. The maximum absolute atomic E-state index is 13.5. The van der Waals surface area contributed by atoms with Crippen molar-refractivity contribution in [2.24, 2.45) is 0 Å². The first-order chi connectivity index (χ1) is 8.56. The molecule has 2 rings (SSSR count). The second kappa shape index (κ2) is 5.14. The van der Waals surface area contributed by atoms with E-state index in [4.69, 9.17) is 9.84 Å². The average Bonchev–Trinajstić information content (AvgIpc) is 2.33. The summed E-state index contributed by atoms with van der Waals surface area (Å²) in [6, 6.07) is 8.54. The first-order valence-electron chi connectivity index (χ1n) is 4.89. The predicted octanol–water partition coefficient (Wildman–Crippen LogP) is 3.47. The minimum Gasteiger partial charge on any atom is -0.477 e. The van der Waals surface area contributed by atoms with Crippen molar-refractivity contribution in [3.63, 3.8) is 0 Å². The van der Waals surface area contributed by atoms with Crippen molar-refractivity contribution in [1.29, 1.82) is 0 Å². The van der Waals surface area contributed by atoms with Gasteiger partial charge in [0.15, 0.2) is 17.3 Å². The summed E-state index contributed by atoms with van der Waals surface area (Å²) < 4.78 is 19.3. The molecule has 92 valence electrons. The first kappa shape index (κ1) is 12.5. The molecular weight excluding hydrogens is 305 g/mol. The molecule has 0 aliphatic rings. The summed E-state index contributed by atoms with van der Waals surface area (Å²) >= 11 is 3.12. The van der Waals surface area contributed by atoms with Crippen LogP contribution in [0.4, 0.5) is 4.39 Å². The number of rotatable bonds is 3. The lowest BCUT2D eigenvalue weighted by molar-refractivity contribution is 0.0689. The third kappa shape index (κ3) is 2.84. The molecule has 0 unspecified atom stereocenters. The lowest BCUT2D eigenvalue weighted by Gasteiger charge is -2.06. The highest BCUT2D eigenvalue weighted by Crippen LogP contribution is 2.25. The second-order valence-corrected chi connectivity index (χ2v) is 4.26. The molecule has 0 aliphatic heterocycles. The monoisotopic (exact) mass is 311 g/mol. The standard InChI is InChI=1S/C12H7BrFNO3/c13-7-4-5-10(8(14)6-7)18-11-3-1-2-9(15-11)12(16)17/h1-6H,(H,16,17). The number of carboxylic acids is 1. The molecule has 0 amide bonds. The van der Waals surface area contributed by atoms with Gasteiger partial charge in [-0.2, -0.15) is 0 Å². The lowest BCUT2D eigenvalue weighted by atomic mass is 10.3. The molecule has 0 aliphatic carbocycles. The Labute approximate surface area is 110 Å². The molecule has 0 radical (unpaired) electrons. The van der Waals surface area contributed by atoms with Gasteiger partial charge in [-0.1, -0.05) is 22.0 Å². The third-order valence-electron chi connectivity index (χ3n) is 2.05. The number of benzene rings is 1. The number of hydrogen-bond acceptors (Lipinski definition) is 3. The number of nitrogens with zero attached hydrogens (tertiary/aromatic N) is 1. The summed E-state index contributed by atoms with van der Waals surface area (Å²) in [5.74, 6) is -1.73. The van der Waals surface area contributed by atoms with Gasteiger partial charge in [0.25, 0.3) is 0 Å². The van der Waals surface area contributed by atoms with E-state index in [-0.39, 0.29) is 17.3 Å². The molecule has 1 N–H and O–H groups in total. The minimum atomic E-state index is -1.17. The van der Waals surface area contributed by atoms with Crippen molar-refractivity contribution in [3.8, 4) is 11.6 Å². The Bertz CT molecular complexity index is 604. The van der Waals surface area contributed by atoms with E-state index >= 15 is 0 Å². The fourth-order valence-corrected chi connectivity index (χ4v) is 1.59. The zero-order valence-electron chi connectivity index (χ0n) is 8.93. The van der Waals surface area contributed by atoms with Crippen molar-refractivity contribution in [3.05, 3.63) is 52.4 Å². The molecule has 0 saturated carbocycles. The van der Waals surface area contributed by atoms with E-state index in [2.05, 4.69) is 20.9 Å². The first-order valence-corrected chi connectivity index (χ1v) is 5.69. The number of pyridine rings is 1. The Morgan fingerprint density at radius 3 is 2.78 bits per heavy atom. The highest BCUT2D eigenvalue weighted by molar-refractivity contribution is 9.10. The van der Waals surface area contributed by atoms with Crippen LogP contribution in [0.3, 0.4) is 0 Å². The van der Waals surface area contributed by atoms with Crippen molar-refractivity contribution in [1.82, 2.24) is 4.98 Å². The summed E-state index contributed by atoms with van der Waals surface area (Å²) in [7, 11) is 0. The number of aromatic carboxylic acids is 1. The van der Waals surface area contributed by atoms with Crippen LogP contribution in [0.2, 0.25) is 0 Å². The Balaban J connectivity index is 2.28. The topological polar surface area (TPSA) is 59.4 Å². The van der Waals surface area contributed by atoms with E-state index in [1.54, 1.807) is 6.07 Å². The summed E-state index contributed by atoms with van der Waals surface area (Å²) in [4.78, 5) is 14.4. The van der Waals surface area contributed by atoms with E-state index in [9.17, 15) is 9.18 Å². The summed E-state index contributed by atoms with van der Waals surface area (Å²) in [5, 5.41) is 8.77. The van der Waals surface area contributed by atoms with Crippen LogP contribution >= 0.6 is 15.9 Å². The molecular formula is C12H7BrFNO3. The fraction of sp³-hybridized carbons (Fsp3) is 0. The predicted molar refractivity (Wildman–Crippen MR) is 65.4 cm³/mol. The van der Waals surface area contributed by atoms with Crippen LogP contribution in [0.1, 0.15) is 10.5 Å². The fourth-order valence-electron chi connectivity index (χ4n) is 1.26. The number of carbonyl (C=O) groups is 1.